The van der Waals surface area contributed by atoms with Crippen LogP contribution < -0.4 is 9.47 Å². The molecule has 2 rings (SSSR count). The van der Waals surface area contributed by atoms with Gasteiger partial charge in [-0.25, -0.2) is 0 Å². The lowest BCUT2D eigenvalue weighted by molar-refractivity contribution is -0.0498. The van der Waals surface area contributed by atoms with E-state index in [0.717, 1.165) is 5.56 Å². The largest absolute Gasteiger partial charge is 0.496 e. The molecule has 5 heteroatoms. The van der Waals surface area contributed by atoms with E-state index in [1.54, 1.807) is 18.2 Å². The van der Waals surface area contributed by atoms with E-state index in [4.69, 9.17) is 4.74 Å². The van der Waals surface area contributed by atoms with Gasteiger partial charge in [-0.2, -0.15) is 8.78 Å². The van der Waals surface area contributed by atoms with Crippen molar-refractivity contribution in [3.8, 4) is 11.5 Å². The minimum atomic E-state index is -2.86. The van der Waals surface area contributed by atoms with Crippen LogP contribution in [0.1, 0.15) is 22.8 Å². The fourth-order valence-corrected chi connectivity index (χ4v) is 2.08. The summed E-state index contributed by atoms with van der Waals surface area (Å²) in [6.07, 6.45) is -0.902. The molecular weight excluding hydrogens is 278 g/mol. The second-order valence-electron chi connectivity index (χ2n) is 4.60. The number of alkyl halides is 2. The molecule has 0 fully saturated rings. The first-order valence-corrected chi connectivity index (χ1v) is 6.38. The summed E-state index contributed by atoms with van der Waals surface area (Å²) in [5.74, 6) is 0.623. The van der Waals surface area contributed by atoms with Crippen LogP contribution in [-0.2, 0) is 0 Å². The Hall–Kier alpha value is -2.14. The molecule has 0 amide bonds. The third-order valence-corrected chi connectivity index (χ3v) is 3.10. The normalized spacial score (nSPS) is 12.3. The summed E-state index contributed by atoms with van der Waals surface area (Å²) in [5, 5.41) is 10.4. The van der Waals surface area contributed by atoms with E-state index in [0.29, 0.717) is 16.9 Å². The van der Waals surface area contributed by atoms with Crippen LogP contribution in [0, 0.1) is 6.92 Å². The summed E-state index contributed by atoms with van der Waals surface area (Å²) >= 11 is 0. The number of benzene rings is 2. The molecule has 0 radical (unpaired) electrons. The van der Waals surface area contributed by atoms with E-state index in [9.17, 15) is 13.9 Å². The molecule has 1 atom stereocenters. The zero-order valence-electron chi connectivity index (χ0n) is 11.7. The molecule has 1 unspecified atom stereocenters. The van der Waals surface area contributed by atoms with E-state index in [1.807, 2.05) is 19.1 Å². The van der Waals surface area contributed by atoms with Crippen LogP contribution in [0.4, 0.5) is 8.78 Å². The van der Waals surface area contributed by atoms with Crippen LogP contribution in [0.15, 0.2) is 42.5 Å². The Morgan fingerprint density at radius 3 is 2.29 bits per heavy atom. The number of aliphatic hydroxyl groups excluding tert-OH is 1. The van der Waals surface area contributed by atoms with Gasteiger partial charge in [0, 0.05) is 5.56 Å². The predicted molar refractivity (Wildman–Crippen MR) is 74.9 cm³/mol. The number of aryl methyl sites for hydroxylation is 1. The molecule has 0 aliphatic rings. The Labute approximate surface area is 121 Å². The van der Waals surface area contributed by atoms with E-state index in [-0.39, 0.29) is 5.75 Å². The molecular formula is C16H16F2O3. The Kier molecular flexibility index (Phi) is 4.75. The SMILES string of the molecule is COc1ccc(C)cc1C(O)c1ccc(OC(F)F)cc1. The Bertz CT molecular complexity index is 597. The van der Waals surface area contributed by atoms with Gasteiger partial charge in [0.25, 0.3) is 0 Å². The van der Waals surface area contributed by atoms with Gasteiger partial charge in [0.05, 0.1) is 7.11 Å². The van der Waals surface area contributed by atoms with Gasteiger partial charge < -0.3 is 14.6 Å². The molecule has 0 saturated heterocycles. The lowest BCUT2D eigenvalue weighted by atomic mass is 9.99. The fourth-order valence-electron chi connectivity index (χ4n) is 2.08. The molecule has 2 aromatic carbocycles. The minimum Gasteiger partial charge on any atom is -0.496 e. The second-order valence-corrected chi connectivity index (χ2v) is 4.60. The molecule has 0 heterocycles. The predicted octanol–water partition coefficient (Wildman–Crippen LogP) is 3.69. The van der Waals surface area contributed by atoms with E-state index in [2.05, 4.69) is 4.74 Å². The van der Waals surface area contributed by atoms with Gasteiger partial charge in [0.15, 0.2) is 0 Å². The van der Waals surface area contributed by atoms with Crippen LogP contribution in [0.25, 0.3) is 0 Å². The van der Waals surface area contributed by atoms with Gasteiger partial charge in [-0.3, -0.25) is 0 Å². The first-order valence-electron chi connectivity index (χ1n) is 6.38. The van der Waals surface area contributed by atoms with Crippen LogP contribution in [-0.4, -0.2) is 18.8 Å². The molecule has 3 nitrogen and oxygen atoms in total. The van der Waals surface area contributed by atoms with Crippen molar-refractivity contribution in [2.75, 3.05) is 7.11 Å². The zero-order valence-corrected chi connectivity index (χ0v) is 11.7. The van der Waals surface area contributed by atoms with Crippen LogP contribution in [0.3, 0.4) is 0 Å². The topological polar surface area (TPSA) is 38.7 Å². The molecule has 0 bridgehead atoms. The van der Waals surface area contributed by atoms with Gasteiger partial charge in [-0.05, 0) is 36.8 Å². The summed E-state index contributed by atoms with van der Waals surface area (Å²) in [5.41, 5.74) is 2.18. The number of aliphatic hydroxyl groups is 1. The number of halogens is 2. The van der Waals surface area contributed by atoms with Gasteiger partial charge >= 0.3 is 6.61 Å². The van der Waals surface area contributed by atoms with Gasteiger partial charge in [-0.15, -0.1) is 0 Å². The number of rotatable bonds is 5. The van der Waals surface area contributed by atoms with Crippen molar-refractivity contribution in [3.63, 3.8) is 0 Å². The maximum atomic E-state index is 12.1. The fraction of sp³-hybridized carbons (Fsp3) is 0.250. The standard InChI is InChI=1S/C16H16F2O3/c1-10-3-8-14(20-2)13(9-10)15(19)11-4-6-12(7-5-11)21-16(17)18/h3-9,15-16,19H,1-2H3. The molecule has 0 aliphatic carbocycles. The van der Waals surface area contributed by atoms with Crippen molar-refractivity contribution in [2.45, 2.75) is 19.6 Å². The first kappa shape index (κ1) is 15.3. The maximum absolute atomic E-state index is 12.1. The summed E-state index contributed by atoms with van der Waals surface area (Å²) in [4.78, 5) is 0. The lowest BCUT2D eigenvalue weighted by Gasteiger charge is -2.16. The van der Waals surface area contributed by atoms with Gasteiger partial charge in [-0.1, -0.05) is 23.8 Å². The number of ether oxygens (including phenoxy) is 2. The molecule has 1 N–H and O–H groups in total. The summed E-state index contributed by atoms with van der Waals surface area (Å²) in [7, 11) is 1.53. The van der Waals surface area contributed by atoms with Crippen molar-refractivity contribution in [3.05, 3.63) is 59.2 Å². The quantitative estimate of drug-likeness (QED) is 0.914. The van der Waals surface area contributed by atoms with Gasteiger partial charge in [0.1, 0.15) is 17.6 Å². The Balaban J connectivity index is 2.27. The highest BCUT2D eigenvalue weighted by Gasteiger charge is 2.16. The smallest absolute Gasteiger partial charge is 0.387 e. The average Bonchev–Trinajstić information content (AvgIpc) is 2.46. The van der Waals surface area contributed by atoms with Gasteiger partial charge in [0.2, 0.25) is 0 Å². The number of hydrogen-bond acceptors (Lipinski definition) is 3. The van der Waals surface area contributed by atoms with E-state index < -0.39 is 12.7 Å². The highest BCUT2D eigenvalue weighted by molar-refractivity contribution is 5.43. The Morgan fingerprint density at radius 2 is 1.71 bits per heavy atom. The molecule has 21 heavy (non-hydrogen) atoms. The highest BCUT2D eigenvalue weighted by atomic mass is 19.3. The van der Waals surface area contributed by atoms with Crippen molar-refractivity contribution in [2.24, 2.45) is 0 Å². The third-order valence-electron chi connectivity index (χ3n) is 3.10. The van der Waals surface area contributed by atoms with Crippen LogP contribution in [0.2, 0.25) is 0 Å². The van der Waals surface area contributed by atoms with Crippen molar-refractivity contribution in [1.82, 2.24) is 0 Å². The van der Waals surface area contributed by atoms with Crippen LogP contribution >= 0.6 is 0 Å². The molecule has 0 aliphatic heterocycles. The minimum absolute atomic E-state index is 0.0529. The summed E-state index contributed by atoms with van der Waals surface area (Å²) < 4.78 is 33.7. The molecule has 0 spiro atoms. The molecule has 0 aromatic heterocycles. The van der Waals surface area contributed by atoms with Crippen molar-refractivity contribution in [1.29, 1.82) is 0 Å². The first-order chi connectivity index (χ1) is 10.0. The molecule has 0 saturated carbocycles. The lowest BCUT2D eigenvalue weighted by Crippen LogP contribution is -2.04. The third kappa shape index (κ3) is 3.70. The average molecular weight is 294 g/mol. The summed E-state index contributed by atoms with van der Waals surface area (Å²) in [6, 6.07) is 11.4. The highest BCUT2D eigenvalue weighted by Crippen LogP contribution is 2.31. The van der Waals surface area contributed by atoms with E-state index in [1.165, 1.54) is 19.2 Å². The number of hydrogen-bond donors (Lipinski definition) is 1. The van der Waals surface area contributed by atoms with Crippen LogP contribution in [0.5, 0.6) is 11.5 Å². The van der Waals surface area contributed by atoms with E-state index >= 15 is 0 Å². The monoisotopic (exact) mass is 294 g/mol. The maximum Gasteiger partial charge on any atom is 0.387 e. The zero-order chi connectivity index (χ0) is 15.4. The van der Waals surface area contributed by atoms with Crippen molar-refractivity contribution < 1.29 is 23.4 Å². The summed E-state index contributed by atoms with van der Waals surface area (Å²) in [6.45, 7) is -0.951. The molecule has 2 aromatic rings. The number of methoxy groups -OCH3 is 1. The Morgan fingerprint density at radius 1 is 1.05 bits per heavy atom. The van der Waals surface area contributed by atoms with Crippen molar-refractivity contribution >= 4 is 0 Å². The molecule has 112 valence electrons. The second kappa shape index (κ2) is 6.54.